The zero-order chi connectivity index (χ0) is 10.8. The maximum atomic E-state index is 6.01. The quantitative estimate of drug-likeness (QED) is 0.919. The van der Waals surface area contributed by atoms with Crippen molar-refractivity contribution in [3.8, 4) is 10.6 Å². The molecule has 1 heterocycles. The highest BCUT2D eigenvalue weighted by Gasteiger charge is 2.11. The first-order valence-corrected chi connectivity index (χ1v) is 6.31. The average Bonchev–Trinajstić information content (AvgIpc) is 2.60. The normalized spacial score (nSPS) is 10.6. The van der Waals surface area contributed by atoms with E-state index in [-0.39, 0.29) is 0 Å². The van der Waals surface area contributed by atoms with Crippen LogP contribution in [0.15, 0.2) is 28.7 Å². The molecule has 0 saturated heterocycles. The number of rotatable bonds is 2. The van der Waals surface area contributed by atoms with E-state index in [2.05, 4.69) is 20.9 Å². The SMILES string of the molecule is NCc1nc(-c2ccccc2Br)sc1Cl. The summed E-state index contributed by atoms with van der Waals surface area (Å²) in [6, 6.07) is 7.91. The lowest BCUT2D eigenvalue weighted by Crippen LogP contribution is -1.96. The number of hydrogen-bond donors (Lipinski definition) is 1. The highest BCUT2D eigenvalue weighted by atomic mass is 79.9. The summed E-state index contributed by atoms with van der Waals surface area (Å²) in [4.78, 5) is 4.39. The van der Waals surface area contributed by atoms with Crippen LogP contribution in [0.25, 0.3) is 10.6 Å². The number of nitrogens with zero attached hydrogens (tertiary/aromatic N) is 1. The Kier molecular flexibility index (Phi) is 3.41. The lowest BCUT2D eigenvalue weighted by atomic mass is 10.2. The molecule has 0 spiro atoms. The fraction of sp³-hybridized carbons (Fsp3) is 0.100. The van der Waals surface area contributed by atoms with E-state index in [0.717, 1.165) is 20.7 Å². The van der Waals surface area contributed by atoms with Crippen molar-refractivity contribution in [3.63, 3.8) is 0 Å². The molecule has 2 N–H and O–H groups in total. The zero-order valence-corrected chi connectivity index (χ0v) is 10.9. The molecule has 2 rings (SSSR count). The van der Waals surface area contributed by atoms with Crippen molar-refractivity contribution in [3.05, 3.63) is 38.8 Å². The van der Waals surface area contributed by atoms with Crippen molar-refractivity contribution in [2.75, 3.05) is 0 Å². The summed E-state index contributed by atoms with van der Waals surface area (Å²) in [5, 5.41) is 0.896. The molecule has 0 amide bonds. The number of hydrogen-bond acceptors (Lipinski definition) is 3. The lowest BCUT2D eigenvalue weighted by molar-refractivity contribution is 1.01. The second-order valence-corrected chi connectivity index (χ2v) is 5.38. The topological polar surface area (TPSA) is 38.9 Å². The van der Waals surface area contributed by atoms with Gasteiger partial charge in [0.15, 0.2) is 0 Å². The van der Waals surface area contributed by atoms with E-state index in [9.17, 15) is 0 Å². The summed E-state index contributed by atoms with van der Waals surface area (Å²) in [5.74, 6) is 0. The third-order valence-electron chi connectivity index (χ3n) is 1.95. The van der Waals surface area contributed by atoms with Crippen molar-refractivity contribution < 1.29 is 0 Å². The first kappa shape index (κ1) is 11.1. The van der Waals surface area contributed by atoms with Gasteiger partial charge in [-0.15, -0.1) is 11.3 Å². The van der Waals surface area contributed by atoms with E-state index in [1.54, 1.807) is 0 Å². The summed E-state index contributed by atoms with van der Waals surface area (Å²) in [7, 11) is 0. The molecule has 0 fully saturated rings. The van der Waals surface area contributed by atoms with Gasteiger partial charge in [-0.25, -0.2) is 4.98 Å². The first-order chi connectivity index (χ1) is 7.22. The molecule has 2 nitrogen and oxygen atoms in total. The Hall–Kier alpha value is -0.420. The van der Waals surface area contributed by atoms with Crippen molar-refractivity contribution in [1.29, 1.82) is 0 Å². The third-order valence-corrected chi connectivity index (χ3v) is 4.01. The van der Waals surface area contributed by atoms with Gasteiger partial charge in [0.2, 0.25) is 0 Å². The highest BCUT2D eigenvalue weighted by molar-refractivity contribution is 9.10. The molecule has 78 valence electrons. The van der Waals surface area contributed by atoms with Crippen LogP contribution in [-0.2, 0) is 6.54 Å². The molecule has 0 aliphatic carbocycles. The minimum atomic E-state index is 0.375. The van der Waals surface area contributed by atoms with Crippen molar-refractivity contribution in [2.24, 2.45) is 5.73 Å². The Bertz CT molecular complexity index is 484. The molecule has 0 unspecified atom stereocenters. The van der Waals surface area contributed by atoms with Crippen LogP contribution in [0.4, 0.5) is 0 Å². The van der Waals surface area contributed by atoms with Crippen LogP contribution < -0.4 is 5.73 Å². The molecule has 5 heteroatoms. The predicted octanol–water partition coefficient (Wildman–Crippen LogP) is 3.68. The van der Waals surface area contributed by atoms with Gasteiger partial charge in [0, 0.05) is 16.6 Å². The van der Waals surface area contributed by atoms with Crippen LogP contribution in [0.1, 0.15) is 5.69 Å². The van der Waals surface area contributed by atoms with E-state index >= 15 is 0 Å². The maximum absolute atomic E-state index is 6.01. The third kappa shape index (κ3) is 2.23. The van der Waals surface area contributed by atoms with E-state index in [1.807, 2.05) is 24.3 Å². The molecule has 0 bridgehead atoms. The van der Waals surface area contributed by atoms with Crippen molar-refractivity contribution in [1.82, 2.24) is 4.98 Å². The fourth-order valence-corrected chi connectivity index (χ4v) is 3.01. The Labute approximate surface area is 105 Å². The summed E-state index contributed by atoms with van der Waals surface area (Å²) in [5.41, 5.74) is 7.33. The van der Waals surface area contributed by atoms with Crippen LogP contribution in [0.3, 0.4) is 0 Å². The Morgan fingerprint density at radius 2 is 2.13 bits per heavy atom. The number of nitrogens with two attached hydrogens (primary N) is 1. The summed E-state index contributed by atoms with van der Waals surface area (Å²) in [6.45, 7) is 0.375. The summed E-state index contributed by atoms with van der Waals surface area (Å²) < 4.78 is 1.68. The van der Waals surface area contributed by atoms with Gasteiger partial charge in [0.1, 0.15) is 9.34 Å². The number of benzene rings is 1. The number of aromatic nitrogens is 1. The van der Waals surface area contributed by atoms with Crippen LogP contribution in [0, 0.1) is 0 Å². The largest absolute Gasteiger partial charge is 0.325 e. The number of thiazole rings is 1. The zero-order valence-electron chi connectivity index (χ0n) is 7.71. The summed E-state index contributed by atoms with van der Waals surface area (Å²) in [6.07, 6.45) is 0. The molecule has 1 aromatic carbocycles. The van der Waals surface area contributed by atoms with Gasteiger partial charge in [-0.2, -0.15) is 0 Å². The molecular weight excluding hydrogens is 296 g/mol. The number of halogens is 2. The highest BCUT2D eigenvalue weighted by Crippen LogP contribution is 2.35. The molecular formula is C10H8BrClN2S. The van der Waals surface area contributed by atoms with Crippen LogP contribution in [-0.4, -0.2) is 4.98 Å². The van der Waals surface area contributed by atoms with Crippen LogP contribution >= 0.6 is 38.9 Å². The van der Waals surface area contributed by atoms with Crippen molar-refractivity contribution in [2.45, 2.75) is 6.54 Å². The van der Waals surface area contributed by atoms with Gasteiger partial charge < -0.3 is 5.73 Å². The molecule has 0 radical (unpaired) electrons. The smallest absolute Gasteiger partial charge is 0.126 e. The minimum absolute atomic E-state index is 0.375. The van der Waals surface area contributed by atoms with Gasteiger partial charge in [-0.1, -0.05) is 45.7 Å². The fourth-order valence-electron chi connectivity index (χ4n) is 1.21. The molecule has 0 saturated carbocycles. The molecule has 1 aromatic heterocycles. The first-order valence-electron chi connectivity index (χ1n) is 4.32. The van der Waals surface area contributed by atoms with Gasteiger partial charge in [0.05, 0.1) is 5.69 Å². The van der Waals surface area contributed by atoms with Crippen LogP contribution in [0.2, 0.25) is 4.34 Å². The van der Waals surface area contributed by atoms with E-state index in [4.69, 9.17) is 17.3 Å². The maximum Gasteiger partial charge on any atom is 0.126 e. The molecule has 0 atom stereocenters. The van der Waals surface area contributed by atoms with Gasteiger partial charge in [0.25, 0.3) is 0 Å². The van der Waals surface area contributed by atoms with E-state index in [1.165, 1.54) is 11.3 Å². The Balaban J connectivity index is 2.50. The summed E-state index contributed by atoms with van der Waals surface area (Å²) >= 11 is 10.9. The predicted molar refractivity (Wildman–Crippen MR) is 68.2 cm³/mol. The van der Waals surface area contributed by atoms with E-state index < -0.39 is 0 Å². The van der Waals surface area contributed by atoms with Crippen LogP contribution in [0.5, 0.6) is 0 Å². The lowest BCUT2D eigenvalue weighted by Gasteiger charge is -1.98. The Morgan fingerprint density at radius 3 is 2.73 bits per heavy atom. The molecule has 2 aromatic rings. The molecule has 0 aliphatic rings. The standard InChI is InChI=1S/C10H8BrClN2S/c11-7-4-2-1-3-6(7)10-14-8(5-13)9(12)15-10/h1-4H,5,13H2. The minimum Gasteiger partial charge on any atom is -0.325 e. The monoisotopic (exact) mass is 302 g/mol. The molecule has 0 aliphatic heterocycles. The second kappa shape index (κ2) is 4.61. The van der Waals surface area contributed by atoms with Gasteiger partial charge in [-0.05, 0) is 6.07 Å². The molecule has 15 heavy (non-hydrogen) atoms. The van der Waals surface area contributed by atoms with Gasteiger partial charge >= 0.3 is 0 Å². The second-order valence-electron chi connectivity index (χ2n) is 2.92. The van der Waals surface area contributed by atoms with E-state index in [0.29, 0.717) is 10.9 Å². The average molecular weight is 304 g/mol. The van der Waals surface area contributed by atoms with Crippen molar-refractivity contribution >= 4 is 38.9 Å². The Morgan fingerprint density at radius 1 is 1.40 bits per heavy atom. The van der Waals surface area contributed by atoms with Gasteiger partial charge in [-0.3, -0.25) is 0 Å².